The van der Waals surface area contributed by atoms with Crippen molar-refractivity contribution < 1.29 is 17.1 Å². The molecule has 0 aliphatic rings. The van der Waals surface area contributed by atoms with Crippen LogP contribution in [-0.4, -0.2) is 0 Å². The Morgan fingerprint density at radius 3 is 1.27 bits per heavy atom. The molecule has 0 fully saturated rings. The largest absolute Gasteiger partial charge is 2.00 e. The number of nitrogens with two attached hydrogens (primary N) is 2. The van der Waals surface area contributed by atoms with Crippen LogP contribution in [0.5, 0.6) is 0 Å². The fourth-order valence-electron chi connectivity index (χ4n) is 0.0516. The van der Waals surface area contributed by atoms with Crippen LogP contribution in [0.1, 0.15) is 0 Å². The maximum atomic E-state index is 7.38. The van der Waals surface area contributed by atoms with Crippen LogP contribution in [0.4, 0.5) is 0 Å². The first-order chi connectivity index (χ1) is 4.83. The van der Waals surface area contributed by atoms with Crippen LogP contribution < -0.4 is 22.8 Å². The summed E-state index contributed by atoms with van der Waals surface area (Å²) in [5.74, 6) is 8.94. The SMILES string of the molecule is [Cu+2].[N-]=[N+]=NNN.[N-]=[N+]=NNN. The summed E-state index contributed by atoms with van der Waals surface area (Å²) in [5.41, 5.74) is 18.2. The summed E-state index contributed by atoms with van der Waals surface area (Å²) in [7, 11) is 0. The third-order valence-electron chi connectivity index (χ3n) is 0.205. The van der Waals surface area contributed by atoms with Gasteiger partial charge in [-0.3, -0.25) is 0 Å². The third kappa shape index (κ3) is 54.3. The van der Waals surface area contributed by atoms with E-state index >= 15 is 0 Å². The molecule has 65 valence electrons. The van der Waals surface area contributed by atoms with Crippen molar-refractivity contribution in [2.45, 2.75) is 0 Å². The first-order valence-corrected chi connectivity index (χ1v) is 1.82. The summed E-state index contributed by atoms with van der Waals surface area (Å²) < 4.78 is 0. The van der Waals surface area contributed by atoms with Gasteiger partial charge >= 0.3 is 17.1 Å². The summed E-state index contributed by atoms with van der Waals surface area (Å²) in [5, 5.41) is 5.36. The van der Waals surface area contributed by atoms with E-state index < -0.39 is 0 Å². The van der Waals surface area contributed by atoms with Gasteiger partial charge in [-0.25, -0.2) is 0 Å². The topological polar surface area (TPSA) is 174 Å². The van der Waals surface area contributed by atoms with Gasteiger partial charge in [-0.1, -0.05) is 0 Å². The Balaban J connectivity index is -0.000000107. The fraction of sp³-hybridized carbons (Fsp3) is 0. The van der Waals surface area contributed by atoms with Crippen molar-refractivity contribution in [2.24, 2.45) is 22.1 Å². The minimum Gasteiger partial charge on any atom is -0.186 e. The molecule has 11 heteroatoms. The Kier molecular flexibility index (Phi) is 34.7. The van der Waals surface area contributed by atoms with Gasteiger partial charge in [0.2, 0.25) is 0 Å². The number of nitrogens with one attached hydrogen (secondary N) is 2. The van der Waals surface area contributed by atoms with E-state index in [0.29, 0.717) is 0 Å². The van der Waals surface area contributed by atoms with Gasteiger partial charge in [0.15, 0.2) is 0 Å². The molecule has 0 saturated carbocycles. The van der Waals surface area contributed by atoms with Crippen molar-refractivity contribution in [3.05, 3.63) is 20.9 Å². The van der Waals surface area contributed by atoms with Crippen molar-refractivity contribution in [1.82, 2.24) is 11.1 Å². The van der Waals surface area contributed by atoms with Gasteiger partial charge in [0, 0.05) is 0 Å². The van der Waals surface area contributed by atoms with Crippen molar-refractivity contribution in [1.29, 1.82) is 0 Å². The molecule has 0 spiro atoms. The van der Waals surface area contributed by atoms with Gasteiger partial charge in [0.25, 0.3) is 0 Å². The molecule has 1 radical (unpaired) electrons. The second-order valence-electron chi connectivity index (χ2n) is 0.637. The predicted molar refractivity (Wildman–Crippen MR) is 32.9 cm³/mol. The molecule has 6 N–H and O–H groups in total. The van der Waals surface area contributed by atoms with E-state index in [9.17, 15) is 0 Å². The van der Waals surface area contributed by atoms with Crippen LogP contribution in [0.2, 0.25) is 0 Å². The predicted octanol–water partition coefficient (Wildman–Crippen LogP) is -0.653. The molecule has 0 unspecified atom stereocenters. The molecule has 0 aromatic carbocycles. The first kappa shape index (κ1) is 16.3. The molecule has 0 rings (SSSR count). The summed E-state index contributed by atoms with van der Waals surface area (Å²) in [6.45, 7) is 0. The zero-order chi connectivity index (χ0) is 8.24. The van der Waals surface area contributed by atoms with E-state index in [0.717, 1.165) is 0 Å². The van der Waals surface area contributed by atoms with Crippen molar-refractivity contribution in [2.75, 3.05) is 0 Å². The Labute approximate surface area is 71.9 Å². The van der Waals surface area contributed by atoms with E-state index in [-0.39, 0.29) is 17.1 Å². The number of hydrazine groups is 2. The molecular formula is H6CuN10+2. The maximum Gasteiger partial charge on any atom is 2.00 e. The molecule has 0 aromatic rings. The van der Waals surface area contributed by atoms with E-state index in [2.05, 4.69) is 32.0 Å². The molecule has 0 saturated heterocycles. The molecule has 0 bridgehead atoms. The Bertz CT molecular complexity index is 117. The number of hydrogen-bond donors (Lipinski definition) is 4. The molecule has 0 aliphatic heterocycles. The standard InChI is InChI=1S/Cu.2H3N5/c;2*1-3-5-4-2/h;2*3H,1H2/q+2;;. The van der Waals surface area contributed by atoms with E-state index in [1.54, 1.807) is 11.1 Å². The Morgan fingerprint density at radius 1 is 1.00 bits per heavy atom. The van der Waals surface area contributed by atoms with Crippen LogP contribution in [-0.2, 0) is 17.1 Å². The van der Waals surface area contributed by atoms with Crippen LogP contribution >= 0.6 is 0 Å². The van der Waals surface area contributed by atoms with Gasteiger partial charge in [-0.15, -0.1) is 11.1 Å². The van der Waals surface area contributed by atoms with Gasteiger partial charge in [-0.05, 0) is 10.4 Å². The van der Waals surface area contributed by atoms with E-state index in [4.69, 9.17) is 11.1 Å². The summed E-state index contributed by atoms with van der Waals surface area (Å²) >= 11 is 0. The maximum absolute atomic E-state index is 7.38. The molecule has 0 aliphatic carbocycles. The van der Waals surface area contributed by atoms with Gasteiger partial charge in [0.1, 0.15) is 0 Å². The third-order valence-corrected chi connectivity index (χ3v) is 0.205. The molecular weight excluding hydrogens is 204 g/mol. The van der Waals surface area contributed by atoms with Gasteiger partial charge < -0.3 is 0 Å². The molecule has 0 aromatic heterocycles. The molecule has 10 nitrogen and oxygen atoms in total. The Hall–Kier alpha value is -1.34. The van der Waals surface area contributed by atoms with E-state index in [1.165, 1.54) is 0 Å². The van der Waals surface area contributed by atoms with Crippen molar-refractivity contribution in [3.63, 3.8) is 0 Å². The normalized spacial score (nSPS) is 4.55. The molecule has 0 amide bonds. The summed E-state index contributed by atoms with van der Waals surface area (Å²) in [4.78, 5) is 4.49. The molecule has 0 heterocycles. The van der Waals surface area contributed by atoms with Crippen LogP contribution in [0.25, 0.3) is 20.9 Å². The zero-order valence-corrected chi connectivity index (χ0v) is 6.08. The molecule has 11 heavy (non-hydrogen) atoms. The number of nitrogens with zero attached hydrogens (tertiary/aromatic N) is 6. The minimum absolute atomic E-state index is 0. The average molecular weight is 210 g/mol. The van der Waals surface area contributed by atoms with Crippen LogP contribution in [0.3, 0.4) is 0 Å². The number of rotatable bonds is 2. The minimum atomic E-state index is 0. The first-order valence-electron chi connectivity index (χ1n) is 1.82. The fourth-order valence-corrected chi connectivity index (χ4v) is 0.0516. The average Bonchev–Trinajstić information content (AvgIpc) is 1.93. The van der Waals surface area contributed by atoms with E-state index in [1.807, 2.05) is 0 Å². The zero-order valence-electron chi connectivity index (χ0n) is 5.14. The quantitative estimate of drug-likeness (QED) is 0.118. The second kappa shape index (κ2) is 23.4. The molecule has 0 atom stereocenters. The smallest absolute Gasteiger partial charge is 0.186 e. The van der Waals surface area contributed by atoms with Crippen molar-refractivity contribution >= 4 is 0 Å². The van der Waals surface area contributed by atoms with Crippen LogP contribution in [0.15, 0.2) is 10.4 Å². The van der Waals surface area contributed by atoms with Crippen molar-refractivity contribution in [3.8, 4) is 0 Å². The second-order valence-corrected chi connectivity index (χ2v) is 0.637. The summed E-state index contributed by atoms with van der Waals surface area (Å²) in [6.07, 6.45) is 0. The monoisotopic (exact) mass is 209 g/mol. The van der Waals surface area contributed by atoms with Crippen LogP contribution in [0, 0.1) is 0 Å². The van der Waals surface area contributed by atoms with Gasteiger partial charge in [0.05, 0.1) is 0 Å². The van der Waals surface area contributed by atoms with Gasteiger partial charge in [-0.2, -0.15) is 32.6 Å². The number of hydrogen-bond acceptors (Lipinski definition) is 4. The summed E-state index contributed by atoms with van der Waals surface area (Å²) in [6, 6.07) is 0. The Morgan fingerprint density at radius 2 is 1.27 bits per heavy atom. The number of azide groups is 2.